The molecule has 0 fully saturated rings. The summed E-state index contributed by atoms with van der Waals surface area (Å²) >= 11 is 1.76. The van der Waals surface area contributed by atoms with Crippen molar-refractivity contribution in [2.45, 2.75) is 12.8 Å². The van der Waals surface area contributed by atoms with E-state index in [2.05, 4.69) is 14.5 Å². The van der Waals surface area contributed by atoms with Crippen LogP contribution in [0.1, 0.15) is 5.56 Å². The lowest BCUT2D eigenvalue weighted by atomic mass is 10.2. The van der Waals surface area contributed by atoms with E-state index in [1.54, 1.807) is 22.6 Å². The number of alkyl halides is 3. The van der Waals surface area contributed by atoms with Crippen molar-refractivity contribution in [1.82, 2.24) is 4.98 Å². The molecule has 0 saturated carbocycles. The number of hydrogen-bond acceptors (Lipinski definition) is 5. The highest BCUT2D eigenvalue weighted by molar-refractivity contribution is 14.1. The fourth-order valence-electron chi connectivity index (χ4n) is 1.17. The Kier molecular flexibility index (Phi) is 5.20. The van der Waals surface area contributed by atoms with Gasteiger partial charge in [0, 0.05) is 15.2 Å². The first-order valence-electron chi connectivity index (χ1n) is 4.82. The summed E-state index contributed by atoms with van der Waals surface area (Å²) in [7, 11) is 2.40. The summed E-state index contributed by atoms with van der Waals surface area (Å²) in [6, 6.07) is 1.39. The average Bonchev–Trinajstić information content (AvgIpc) is 2.30. The van der Waals surface area contributed by atoms with Gasteiger partial charge in [-0.15, -0.1) is 13.2 Å². The minimum atomic E-state index is -4.91. The van der Waals surface area contributed by atoms with Crippen LogP contribution < -0.4 is 9.47 Å². The Bertz CT molecular complexity index is 479. The van der Waals surface area contributed by atoms with Crippen LogP contribution in [0.3, 0.4) is 0 Å². The summed E-state index contributed by atoms with van der Waals surface area (Å²) in [5, 5.41) is 0. The number of ether oxygens (including phenoxy) is 3. The van der Waals surface area contributed by atoms with E-state index in [1.807, 2.05) is 0 Å². The third-order valence-corrected chi connectivity index (χ3v) is 2.94. The number of aromatic nitrogens is 1. The lowest BCUT2D eigenvalue weighted by Crippen LogP contribution is -2.20. The minimum Gasteiger partial charge on any atom is -0.481 e. The van der Waals surface area contributed by atoms with Crippen molar-refractivity contribution in [3.05, 3.63) is 15.2 Å². The van der Waals surface area contributed by atoms with Crippen LogP contribution >= 0.6 is 22.6 Å². The zero-order valence-electron chi connectivity index (χ0n) is 9.88. The summed E-state index contributed by atoms with van der Waals surface area (Å²) in [5.41, 5.74) is -0.00873. The van der Waals surface area contributed by atoms with Crippen LogP contribution in [-0.2, 0) is 16.0 Å². The molecule has 5 nitrogen and oxygen atoms in total. The number of rotatable bonds is 4. The number of methoxy groups -OCH3 is 2. The van der Waals surface area contributed by atoms with Crippen LogP contribution in [0.4, 0.5) is 13.2 Å². The molecule has 1 heterocycles. The van der Waals surface area contributed by atoms with Crippen molar-refractivity contribution >= 4 is 28.6 Å². The molecule has 0 spiro atoms. The molecule has 0 aliphatic carbocycles. The van der Waals surface area contributed by atoms with Gasteiger partial charge in [0.2, 0.25) is 11.8 Å². The molecule has 0 aliphatic rings. The molecule has 0 saturated heterocycles. The first-order chi connectivity index (χ1) is 8.76. The second-order valence-electron chi connectivity index (χ2n) is 3.23. The van der Waals surface area contributed by atoms with Crippen molar-refractivity contribution in [3.8, 4) is 11.8 Å². The van der Waals surface area contributed by atoms with Crippen LogP contribution in [0, 0.1) is 3.57 Å². The van der Waals surface area contributed by atoms with E-state index >= 15 is 0 Å². The standard InChI is InChI=1S/C10H9F3INO4/c1-17-7-4-6(14)5(3-8(16)18-2)9(15-7)19-10(11,12)13/h4H,3H2,1-2H3. The highest BCUT2D eigenvalue weighted by atomic mass is 127. The summed E-state index contributed by atoms with van der Waals surface area (Å²) in [5.74, 6) is -1.46. The van der Waals surface area contributed by atoms with Crippen molar-refractivity contribution in [2.75, 3.05) is 14.2 Å². The molecule has 0 bridgehead atoms. The summed E-state index contributed by atoms with van der Waals surface area (Å²) in [6.07, 6.45) is -5.29. The van der Waals surface area contributed by atoms with Crippen molar-refractivity contribution in [3.63, 3.8) is 0 Å². The molecular weight excluding hydrogens is 382 g/mol. The Morgan fingerprint density at radius 2 is 2.05 bits per heavy atom. The predicted octanol–water partition coefficient (Wildman–Crippen LogP) is 2.31. The summed E-state index contributed by atoms with van der Waals surface area (Å²) in [6.45, 7) is 0. The highest BCUT2D eigenvalue weighted by Crippen LogP contribution is 2.31. The van der Waals surface area contributed by atoms with Crippen molar-refractivity contribution < 1.29 is 32.2 Å². The summed E-state index contributed by atoms with van der Waals surface area (Å²) < 4.78 is 50.2. The predicted molar refractivity (Wildman–Crippen MR) is 65.9 cm³/mol. The van der Waals surface area contributed by atoms with E-state index in [9.17, 15) is 18.0 Å². The number of halogens is 4. The van der Waals surface area contributed by atoms with E-state index in [-0.39, 0.29) is 17.9 Å². The molecule has 0 aliphatic heterocycles. The SMILES string of the molecule is COC(=O)Cc1c(I)cc(OC)nc1OC(F)(F)F. The van der Waals surface area contributed by atoms with Crippen LogP contribution in [0.5, 0.6) is 11.8 Å². The molecule has 0 radical (unpaired) electrons. The normalized spacial score (nSPS) is 11.1. The monoisotopic (exact) mass is 391 g/mol. The van der Waals surface area contributed by atoms with Gasteiger partial charge in [0.25, 0.3) is 0 Å². The summed E-state index contributed by atoms with van der Waals surface area (Å²) in [4.78, 5) is 14.7. The van der Waals surface area contributed by atoms with Gasteiger partial charge in [-0.25, -0.2) is 0 Å². The van der Waals surface area contributed by atoms with Crippen molar-refractivity contribution in [1.29, 1.82) is 0 Å². The number of hydrogen-bond donors (Lipinski definition) is 0. The molecule has 0 N–H and O–H groups in total. The molecule has 106 valence electrons. The van der Waals surface area contributed by atoms with Crippen LogP contribution in [0.15, 0.2) is 6.07 Å². The van der Waals surface area contributed by atoms with Crippen LogP contribution in [0.25, 0.3) is 0 Å². The highest BCUT2D eigenvalue weighted by Gasteiger charge is 2.34. The third-order valence-electron chi connectivity index (χ3n) is 1.98. The van der Waals surface area contributed by atoms with Gasteiger partial charge < -0.3 is 14.2 Å². The topological polar surface area (TPSA) is 57.7 Å². The second-order valence-corrected chi connectivity index (χ2v) is 4.39. The van der Waals surface area contributed by atoms with Gasteiger partial charge in [-0.1, -0.05) is 0 Å². The van der Waals surface area contributed by atoms with Gasteiger partial charge in [0.05, 0.1) is 20.6 Å². The molecule has 1 aromatic heterocycles. The zero-order valence-corrected chi connectivity index (χ0v) is 12.0. The molecular formula is C10H9F3INO4. The molecule has 1 rings (SSSR count). The second kappa shape index (κ2) is 6.26. The minimum absolute atomic E-state index is 0.00873. The van der Waals surface area contributed by atoms with Gasteiger partial charge in [-0.05, 0) is 22.6 Å². The van der Waals surface area contributed by atoms with Gasteiger partial charge in [-0.3, -0.25) is 4.79 Å². The molecule has 19 heavy (non-hydrogen) atoms. The molecule has 9 heteroatoms. The van der Waals surface area contributed by atoms with Gasteiger partial charge in [0.1, 0.15) is 0 Å². The number of carbonyl (C=O) groups excluding carboxylic acids is 1. The first kappa shape index (κ1) is 15.8. The largest absolute Gasteiger partial charge is 0.574 e. The number of nitrogens with zero attached hydrogens (tertiary/aromatic N) is 1. The van der Waals surface area contributed by atoms with E-state index in [0.29, 0.717) is 3.57 Å². The Morgan fingerprint density at radius 3 is 2.53 bits per heavy atom. The molecule has 0 aromatic carbocycles. The van der Waals surface area contributed by atoms with Crippen LogP contribution in [0.2, 0.25) is 0 Å². The van der Waals surface area contributed by atoms with E-state index < -0.39 is 18.2 Å². The van der Waals surface area contributed by atoms with Gasteiger partial charge >= 0.3 is 12.3 Å². The Morgan fingerprint density at radius 1 is 1.42 bits per heavy atom. The molecule has 0 unspecified atom stereocenters. The number of esters is 1. The lowest BCUT2D eigenvalue weighted by molar-refractivity contribution is -0.276. The fourth-order valence-corrected chi connectivity index (χ4v) is 1.86. The van der Waals surface area contributed by atoms with E-state index in [4.69, 9.17) is 4.74 Å². The fraction of sp³-hybridized carbons (Fsp3) is 0.400. The third kappa shape index (κ3) is 4.73. The maximum Gasteiger partial charge on any atom is 0.574 e. The molecule has 0 atom stereocenters. The smallest absolute Gasteiger partial charge is 0.481 e. The van der Waals surface area contributed by atoms with Crippen molar-refractivity contribution in [2.24, 2.45) is 0 Å². The molecule has 1 aromatic rings. The van der Waals surface area contributed by atoms with Gasteiger partial charge in [0.15, 0.2) is 0 Å². The van der Waals surface area contributed by atoms with E-state index in [0.717, 1.165) is 7.11 Å². The first-order valence-corrected chi connectivity index (χ1v) is 5.90. The van der Waals surface area contributed by atoms with Crippen LogP contribution in [-0.4, -0.2) is 31.5 Å². The lowest BCUT2D eigenvalue weighted by Gasteiger charge is -2.14. The average molecular weight is 391 g/mol. The van der Waals surface area contributed by atoms with Gasteiger partial charge in [-0.2, -0.15) is 4.98 Å². The maximum atomic E-state index is 12.3. The Hall–Kier alpha value is -1.26. The Balaban J connectivity index is 3.21. The molecule has 0 amide bonds. The van der Waals surface area contributed by atoms with E-state index in [1.165, 1.54) is 13.2 Å². The quantitative estimate of drug-likeness (QED) is 0.583. The Labute approximate surface area is 120 Å². The number of pyridine rings is 1. The zero-order chi connectivity index (χ0) is 14.6. The maximum absolute atomic E-state index is 12.3. The number of carbonyl (C=O) groups is 1.